The molecule has 2 aromatic heterocycles. The molecule has 66 heavy (non-hydrogen) atoms. The number of fused-ring (bicyclic) bond motifs is 6. The van der Waals surface area contributed by atoms with Gasteiger partial charge in [0.1, 0.15) is 30.8 Å². The number of carbonyl (C=O) groups is 5. The Kier molecular flexibility index (Phi) is 14.1. The normalized spacial score (nSPS) is 21.4. The summed E-state index contributed by atoms with van der Waals surface area (Å²) in [5.74, 6) is -3.13. The minimum absolute atomic E-state index is 0.0214. The van der Waals surface area contributed by atoms with Crippen molar-refractivity contribution in [2.45, 2.75) is 103 Å². The summed E-state index contributed by atoms with van der Waals surface area (Å²) in [6.07, 6.45) is -1.95. The zero-order valence-electron chi connectivity index (χ0n) is 38.5. The molecule has 0 saturated carbocycles. The molecule has 5 heterocycles. The van der Waals surface area contributed by atoms with E-state index in [-0.39, 0.29) is 49.4 Å². The molecule has 3 aliphatic rings. The molecule has 18 heteroatoms. The number of alkyl halides is 3. The molecule has 6 atom stereocenters. The van der Waals surface area contributed by atoms with Crippen molar-refractivity contribution in [3.63, 3.8) is 0 Å². The molecule has 0 radical (unpaired) electrons. The number of esters is 1. The Labute approximate surface area is 382 Å². The highest BCUT2D eigenvalue weighted by atomic mass is 19.4. The monoisotopic (exact) mass is 916 g/mol. The van der Waals surface area contributed by atoms with E-state index in [0.29, 0.717) is 70.2 Å². The first-order valence-electron chi connectivity index (χ1n) is 22.4. The fraction of sp³-hybridized carbons (Fsp3) is 0.500. The van der Waals surface area contributed by atoms with Crippen LogP contribution in [0.2, 0.25) is 0 Å². The summed E-state index contributed by atoms with van der Waals surface area (Å²) in [7, 11) is 4.78. The first-order chi connectivity index (χ1) is 31.3. The van der Waals surface area contributed by atoms with Gasteiger partial charge in [0.25, 0.3) is 5.91 Å². The molecule has 2 N–H and O–H groups in total. The number of likely N-dealkylation sites (tertiary alicyclic amines) is 1. The van der Waals surface area contributed by atoms with Gasteiger partial charge >= 0.3 is 12.1 Å². The van der Waals surface area contributed by atoms with E-state index in [0.717, 1.165) is 0 Å². The zero-order chi connectivity index (χ0) is 47.8. The fourth-order valence-corrected chi connectivity index (χ4v) is 9.81. The predicted octanol–water partition coefficient (Wildman–Crippen LogP) is 5.51. The summed E-state index contributed by atoms with van der Waals surface area (Å²) in [4.78, 5) is 72.1. The van der Waals surface area contributed by atoms with E-state index in [2.05, 4.69) is 22.4 Å². The van der Waals surface area contributed by atoms with Crippen LogP contribution in [0.25, 0.3) is 33.3 Å². The summed E-state index contributed by atoms with van der Waals surface area (Å²) >= 11 is 0. The predicted molar refractivity (Wildman–Crippen MR) is 240 cm³/mol. The molecular formula is C48H59F3N8O7. The van der Waals surface area contributed by atoms with Crippen molar-refractivity contribution in [1.82, 2.24) is 39.9 Å². The second-order valence-corrected chi connectivity index (χ2v) is 18.0. The molecule has 0 unspecified atom stereocenters. The number of nitrogens with one attached hydrogen (secondary N) is 2. The standard InChI is InChI=1S/C48H59F3N8O7/c1-9-40(60)57-19-17-33(25-57)45(62)55(6)41(27(2)3)44(61)53-38-22-30-12-10-13-31(21-30)32-15-16-39-34(23-32)35(20-28(4)66-47(64)37-14-11-18-59(54-37)46(38)63)43(58(39)26-48(49,50)51)36-24-52-56(7)42(36)29(5)65-8/h9-10,12-13,15-16,21,23-24,27-29,33,37-38,41,54H,1,11,14,17-20,22,25-26H2,2-8H3,(H,53,61)/t28-,29+,33+,37+,38+,41+/m1/s1. The largest absolute Gasteiger partial charge is 0.461 e. The number of ether oxygens (including phenoxy) is 2. The Hall–Kier alpha value is -6.01. The molecule has 4 aromatic rings. The molecule has 2 aromatic carbocycles. The quantitative estimate of drug-likeness (QED) is 0.155. The van der Waals surface area contributed by atoms with Gasteiger partial charge in [-0.25, -0.2) is 5.43 Å². The first kappa shape index (κ1) is 47.9. The number of nitrogens with zero attached hydrogens (tertiary/aromatic N) is 6. The molecule has 2 saturated heterocycles. The summed E-state index contributed by atoms with van der Waals surface area (Å²) < 4.78 is 58.3. The van der Waals surface area contributed by atoms with E-state index in [1.54, 1.807) is 49.7 Å². The van der Waals surface area contributed by atoms with E-state index in [1.165, 1.54) is 33.9 Å². The van der Waals surface area contributed by atoms with Gasteiger partial charge in [-0.2, -0.15) is 18.3 Å². The van der Waals surface area contributed by atoms with Gasteiger partial charge in [0, 0.05) is 70.1 Å². The zero-order valence-corrected chi connectivity index (χ0v) is 38.5. The Bertz CT molecular complexity index is 2520. The van der Waals surface area contributed by atoms with Crippen molar-refractivity contribution in [3.05, 3.63) is 78.1 Å². The Balaban J connectivity index is 1.31. The highest BCUT2D eigenvalue weighted by Gasteiger charge is 2.40. The lowest BCUT2D eigenvalue weighted by atomic mass is 9.95. The number of carbonyl (C=O) groups excluding carboxylic acids is 5. The molecule has 6 bridgehead atoms. The summed E-state index contributed by atoms with van der Waals surface area (Å²) in [5, 5.41) is 9.28. The molecule has 7 rings (SSSR count). The number of aromatic nitrogens is 3. The fourth-order valence-electron chi connectivity index (χ4n) is 9.81. The SMILES string of the molecule is C=CC(=O)N1CC[C@H](C(=O)N(C)[C@H](C(=O)N[C@H]2Cc3cccc(c3)-c3ccc4c(c3)c(c(-c3cnn(C)c3[C@H](C)OC)n4CC(F)(F)F)C[C@@H](C)OC(=O)[C@@H]3CCCN(N3)C2=O)C(C)C)C1. The number of methoxy groups -OCH3 is 1. The number of hydrazine groups is 1. The van der Waals surface area contributed by atoms with Gasteiger partial charge in [0.05, 0.1) is 29.6 Å². The van der Waals surface area contributed by atoms with Crippen LogP contribution in [-0.2, 0) is 59.9 Å². The third-order valence-corrected chi connectivity index (χ3v) is 13.0. The third-order valence-electron chi connectivity index (χ3n) is 13.0. The van der Waals surface area contributed by atoms with Crippen LogP contribution in [0.4, 0.5) is 13.2 Å². The van der Waals surface area contributed by atoms with E-state index in [9.17, 15) is 37.1 Å². The number of amides is 4. The van der Waals surface area contributed by atoms with Crippen LogP contribution in [0.5, 0.6) is 0 Å². The first-order valence-corrected chi connectivity index (χ1v) is 22.4. The topological polar surface area (TPSA) is 160 Å². The van der Waals surface area contributed by atoms with Crippen LogP contribution in [0, 0.1) is 11.8 Å². The number of hydrogen-bond acceptors (Lipinski definition) is 9. The van der Waals surface area contributed by atoms with E-state index in [1.807, 2.05) is 44.2 Å². The number of cyclic esters (lactones) is 1. The molecule has 4 amide bonds. The van der Waals surface area contributed by atoms with Crippen molar-refractivity contribution in [2.75, 3.05) is 33.8 Å². The van der Waals surface area contributed by atoms with Gasteiger partial charge in [-0.1, -0.05) is 50.8 Å². The summed E-state index contributed by atoms with van der Waals surface area (Å²) in [5.41, 5.74) is 7.27. The number of likely N-dealkylation sites (N-methyl/N-ethyl adjacent to an activating group) is 1. The summed E-state index contributed by atoms with van der Waals surface area (Å²) in [6, 6.07) is 9.56. The molecule has 354 valence electrons. The lowest BCUT2D eigenvalue weighted by molar-refractivity contribution is -0.156. The average Bonchev–Trinajstić information content (AvgIpc) is 4.00. The van der Waals surface area contributed by atoms with Gasteiger partial charge in [-0.05, 0) is 79.5 Å². The van der Waals surface area contributed by atoms with Crippen LogP contribution in [0.3, 0.4) is 0 Å². The number of hydrogen-bond donors (Lipinski definition) is 2. The molecule has 0 spiro atoms. The maximum absolute atomic E-state index is 14.6. The Morgan fingerprint density at radius 3 is 2.52 bits per heavy atom. The lowest BCUT2D eigenvalue weighted by Crippen LogP contribution is -2.62. The number of rotatable bonds is 10. The maximum atomic E-state index is 14.6. The molecule has 15 nitrogen and oxygen atoms in total. The summed E-state index contributed by atoms with van der Waals surface area (Å²) in [6.45, 7) is 10.2. The van der Waals surface area contributed by atoms with Gasteiger partial charge in [0.2, 0.25) is 17.7 Å². The van der Waals surface area contributed by atoms with Crippen LogP contribution in [0.15, 0.2) is 61.3 Å². The van der Waals surface area contributed by atoms with Crippen molar-refractivity contribution in [1.29, 1.82) is 0 Å². The Morgan fingerprint density at radius 1 is 1.08 bits per heavy atom. The van der Waals surface area contributed by atoms with Crippen molar-refractivity contribution >= 4 is 40.5 Å². The van der Waals surface area contributed by atoms with Crippen LogP contribution < -0.4 is 10.7 Å². The maximum Gasteiger partial charge on any atom is 0.406 e. The van der Waals surface area contributed by atoms with Gasteiger partial charge in [0.15, 0.2) is 0 Å². The van der Waals surface area contributed by atoms with Gasteiger partial charge in [-0.3, -0.25) is 33.7 Å². The van der Waals surface area contributed by atoms with Gasteiger partial charge < -0.3 is 29.2 Å². The third kappa shape index (κ3) is 9.89. The highest BCUT2D eigenvalue weighted by Crippen LogP contribution is 2.42. The van der Waals surface area contributed by atoms with Crippen LogP contribution >= 0.6 is 0 Å². The van der Waals surface area contributed by atoms with Crippen molar-refractivity contribution < 1.29 is 46.6 Å². The highest BCUT2D eigenvalue weighted by molar-refractivity contribution is 5.96. The minimum Gasteiger partial charge on any atom is -0.461 e. The molecule has 2 fully saturated rings. The molecule has 0 aliphatic carbocycles. The Morgan fingerprint density at radius 2 is 1.82 bits per heavy atom. The second kappa shape index (κ2) is 19.5. The number of halogens is 3. The van der Waals surface area contributed by atoms with E-state index < -0.39 is 66.8 Å². The number of benzene rings is 2. The van der Waals surface area contributed by atoms with Crippen LogP contribution in [0.1, 0.15) is 69.9 Å². The minimum atomic E-state index is -4.60. The second-order valence-electron chi connectivity index (χ2n) is 18.0. The van der Waals surface area contributed by atoms with E-state index in [4.69, 9.17) is 9.47 Å². The molecular weight excluding hydrogens is 858 g/mol. The average molecular weight is 917 g/mol. The van der Waals surface area contributed by atoms with E-state index >= 15 is 0 Å². The van der Waals surface area contributed by atoms with Gasteiger partial charge in [-0.15, -0.1) is 0 Å². The lowest BCUT2D eigenvalue weighted by Gasteiger charge is -2.37. The smallest absolute Gasteiger partial charge is 0.406 e. The molecule has 3 aliphatic heterocycles. The van der Waals surface area contributed by atoms with Crippen LogP contribution in [-0.4, -0.2) is 123 Å². The number of aryl methyl sites for hydroxylation is 1. The van der Waals surface area contributed by atoms with Crippen molar-refractivity contribution in [3.8, 4) is 22.4 Å². The van der Waals surface area contributed by atoms with Crippen molar-refractivity contribution in [2.24, 2.45) is 18.9 Å².